The molecule has 1 heterocycles. The molecule has 1 aromatic heterocycles. The van der Waals surface area contributed by atoms with E-state index in [1.165, 1.54) is 11.3 Å². The standard InChI is InChI=1S/C13H13N5OS/c1-2-11(19)16-10(8-14)12-17-18-13(20-12)15-9-6-4-3-5-7-9/h3-7,10H,2H2,1H3,(H,15,18)(H,16,19). The molecule has 1 aromatic carbocycles. The van der Waals surface area contributed by atoms with Gasteiger partial charge in [-0.2, -0.15) is 5.26 Å². The van der Waals surface area contributed by atoms with Crippen LogP contribution in [0.25, 0.3) is 0 Å². The quantitative estimate of drug-likeness (QED) is 0.881. The fraction of sp³-hybridized carbons (Fsp3) is 0.231. The SMILES string of the molecule is CCC(=O)NC(C#N)c1nnc(Nc2ccccc2)s1. The molecule has 102 valence electrons. The molecule has 0 fully saturated rings. The molecule has 1 unspecified atom stereocenters. The van der Waals surface area contributed by atoms with Gasteiger partial charge in [0.1, 0.15) is 0 Å². The Kier molecular flexibility index (Phi) is 4.63. The summed E-state index contributed by atoms with van der Waals surface area (Å²) in [5, 5.41) is 23.7. The van der Waals surface area contributed by atoms with Crippen LogP contribution in [-0.4, -0.2) is 16.1 Å². The van der Waals surface area contributed by atoms with Crippen LogP contribution in [0.5, 0.6) is 0 Å². The van der Waals surface area contributed by atoms with Crippen LogP contribution in [0.2, 0.25) is 0 Å². The molecule has 2 rings (SSSR count). The molecule has 1 atom stereocenters. The summed E-state index contributed by atoms with van der Waals surface area (Å²) in [4.78, 5) is 11.3. The number of nitrogens with zero attached hydrogens (tertiary/aromatic N) is 3. The highest BCUT2D eigenvalue weighted by molar-refractivity contribution is 7.15. The summed E-state index contributed by atoms with van der Waals surface area (Å²) in [5.41, 5.74) is 0.890. The van der Waals surface area contributed by atoms with Crippen molar-refractivity contribution in [2.75, 3.05) is 5.32 Å². The van der Waals surface area contributed by atoms with E-state index in [1.807, 2.05) is 36.4 Å². The predicted octanol–water partition coefficient (Wildman–Crippen LogP) is 2.37. The van der Waals surface area contributed by atoms with E-state index in [0.717, 1.165) is 5.69 Å². The van der Waals surface area contributed by atoms with Gasteiger partial charge in [0.2, 0.25) is 11.0 Å². The van der Waals surface area contributed by atoms with Gasteiger partial charge in [-0.15, -0.1) is 10.2 Å². The van der Waals surface area contributed by atoms with Crippen LogP contribution in [-0.2, 0) is 4.79 Å². The lowest BCUT2D eigenvalue weighted by atomic mass is 10.3. The van der Waals surface area contributed by atoms with Gasteiger partial charge in [0.25, 0.3) is 0 Å². The molecule has 20 heavy (non-hydrogen) atoms. The monoisotopic (exact) mass is 287 g/mol. The lowest BCUT2D eigenvalue weighted by Gasteiger charge is -2.06. The molecule has 0 saturated heterocycles. The van der Waals surface area contributed by atoms with Crippen LogP contribution in [0, 0.1) is 11.3 Å². The van der Waals surface area contributed by atoms with Gasteiger partial charge in [-0.3, -0.25) is 4.79 Å². The largest absolute Gasteiger partial charge is 0.335 e. The molecular formula is C13H13N5OS. The summed E-state index contributed by atoms with van der Waals surface area (Å²) >= 11 is 1.24. The molecule has 0 aliphatic heterocycles. The second-order valence-corrected chi connectivity index (χ2v) is 4.93. The normalized spacial score (nSPS) is 11.4. The van der Waals surface area contributed by atoms with E-state index in [0.29, 0.717) is 16.6 Å². The van der Waals surface area contributed by atoms with E-state index in [9.17, 15) is 4.79 Å². The molecule has 1 amide bonds. The molecule has 2 aromatic rings. The lowest BCUT2D eigenvalue weighted by Crippen LogP contribution is -2.26. The van der Waals surface area contributed by atoms with Gasteiger partial charge in [0.05, 0.1) is 6.07 Å². The minimum Gasteiger partial charge on any atom is -0.335 e. The third-order valence-corrected chi connectivity index (χ3v) is 3.37. The van der Waals surface area contributed by atoms with E-state index in [-0.39, 0.29) is 5.91 Å². The number of para-hydroxylation sites is 1. The van der Waals surface area contributed by atoms with Crippen LogP contribution in [0.4, 0.5) is 10.8 Å². The van der Waals surface area contributed by atoms with Gasteiger partial charge in [0.15, 0.2) is 11.0 Å². The molecule has 0 aliphatic carbocycles. The van der Waals surface area contributed by atoms with Gasteiger partial charge in [-0.1, -0.05) is 36.5 Å². The lowest BCUT2D eigenvalue weighted by molar-refractivity contribution is -0.121. The fourth-order valence-electron chi connectivity index (χ4n) is 1.46. The first-order valence-electron chi connectivity index (χ1n) is 6.07. The topological polar surface area (TPSA) is 90.7 Å². The highest BCUT2D eigenvalue weighted by Crippen LogP contribution is 2.24. The van der Waals surface area contributed by atoms with Gasteiger partial charge < -0.3 is 10.6 Å². The first kappa shape index (κ1) is 14.0. The minimum atomic E-state index is -0.758. The summed E-state index contributed by atoms with van der Waals surface area (Å²) < 4.78 is 0. The maximum atomic E-state index is 11.3. The molecule has 0 saturated carbocycles. The van der Waals surface area contributed by atoms with Crippen molar-refractivity contribution >= 4 is 28.1 Å². The minimum absolute atomic E-state index is 0.190. The zero-order valence-electron chi connectivity index (χ0n) is 10.8. The number of amides is 1. The highest BCUT2D eigenvalue weighted by atomic mass is 32.1. The summed E-state index contributed by atoms with van der Waals surface area (Å²) in [7, 11) is 0. The Morgan fingerprint density at radius 2 is 2.15 bits per heavy atom. The van der Waals surface area contributed by atoms with Crippen LogP contribution in [0.1, 0.15) is 24.4 Å². The van der Waals surface area contributed by atoms with Crippen molar-refractivity contribution in [2.45, 2.75) is 19.4 Å². The van der Waals surface area contributed by atoms with Crippen LogP contribution in [0.15, 0.2) is 30.3 Å². The van der Waals surface area contributed by atoms with Gasteiger partial charge in [0, 0.05) is 12.1 Å². The summed E-state index contributed by atoms with van der Waals surface area (Å²) in [6, 6.07) is 10.8. The van der Waals surface area contributed by atoms with Crippen molar-refractivity contribution in [3.8, 4) is 6.07 Å². The number of anilines is 2. The Morgan fingerprint density at radius 3 is 2.80 bits per heavy atom. The number of nitrogens with one attached hydrogen (secondary N) is 2. The van der Waals surface area contributed by atoms with Crippen LogP contribution < -0.4 is 10.6 Å². The Labute approximate surface area is 120 Å². The Hall–Kier alpha value is -2.46. The molecule has 2 N–H and O–H groups in total. The van der Waals surface area contributed by atoms with Gasteiger partial charge in [-0.25, -0.2) is 0 Å². The molecule has 0 bridgehead atoms. The maximum Gasteiger partial charge on any atom is 0.221 e. The van der Waals surface area contributed by atoms with E-state index >= 15 is 0 Å². The number of benzene rings is 1. The van der Waals surface area contributed by atoms with E-state index in [1.54, 1.807) is 6.92 Å². The Morgan fingerprint density at radius 1 is 1.40 bits per heavy atom. The van der Waals surface area contributed by atoms with Crippen molar-refractivity contribution in [1.82, 2.24) is 15.5 Å². The molecule has 0 radical (unpaired) electrons. The van der Waals surface area contributed by atoms with Crippen molar-refractivity contribution in [3.05, 3.63) is 35.3 Å². The second-order valence-electron chi connectivity index (χ2n) is 3.92. The first-order valence-corrected chi connectivity index (χ1v) is 6.89. The third kappa shape index (κ3) is 3.52. The molecular weight excluding hydrogens is 274 g/mol. The van der Waals surface area contributed by atoms with Gasteiger partial charge in [-0.05, 0) is 12.1 Å². The average molecular weight is 287 g/mol. The number of rotatable bonds is 5. The van der Waals surface area contributed by atoms with Gasteiger partial charge >= 0.3 is 0 Å². The number of carbonyl (C=O) groups is 1. The predicted molar refractivity (Wildman–Crippen MR) is 76.4 cm³/mol. The smallest absolute Gasteiger partial charge is 0.221 e. The highest BCUT2D eigenvalue weighted by Gasteiger charge is 2.18. The molecule has 0 spiro atoms. The zero-order valence-corrected chi connectivity index (χ0v) is 11.6. The number of hydrogen-bond donors (Lipinski definition) is 2. The number of carbonyl (C=O) groups excluding carboxylic acids is 1. The van der Waals surface area contributed by atoms with E-state index in [4.69, 9.17) is 5.26 Å². The zero-order chi connectivity index (χ0) is 14.4. The third-order valence-electron chi connectivity index (χ3n) is 2.47. The van der Waals surface area contributed by atoms with Crippen LogP contribution in [0.3, 0.4) is 0 Å². The van der Waals surface area contributed by atoms with E-state index < -0.39 is 6.04 Å². The first-order chi connectivity index (χ1) is 9.72. The number of aromatic nitrogens is 2. The summed E-state index contributed by atoms with van der Waals surface area (Å²) in [6.45, 7) is 1.73. The Balaban J connectivity index is 2.08. The van der Waals surface area contributed by atoms with E-state index in [2.05, 4.69) is 20.8 Å². The molecule has 6 nitrogen and oxygen atoms in total. The molecule has 0 aliphatic rings. The molecule has 7 heteroatoms. The summed E-state index contributed by atoms with van der Waals surface area (Å²) in [5.74, 6) is -0.190. The van der Waals surface area contributed by atoms with Crippen molar-refractivity contribution < 1.29 is 4.79 Å². The average Bonchev–Trinajstić information content (AvgIpc) is 2.93. The number of nitriles is 1. The number of hydrogen-bond acceptors (Lipinski definition) is 6. The van der Waals surface area contributed by atoms with Crippen molar-refractivity contribution in [1.29, 1.82) is 5.26 Å². The fourth-order valence-corrected chi connectivity index (χ4v) is 2.22. The summed E-state index contributed by atoms with van der Waals surface area (Å²) in [6.07, 6.45) is 0.326. The second kappa shape index (κ2) is 6.63. The van der Waals surface area contributed by atoms with Crippen molar-refractivity contribution in [2.24, 2.45) is 0 Å². The Bertz CT molecular complexity index is 619. The maximum absolute atomic E-state index is 11.3. The van der Waals surface area contributed by atoms with Crippen molar-refractivity contribution in [3.63, 3.8) is 0 Å². The van der Waals surface area contributed by atoms with Crippen LogP contribution >= 0.6 is 11.3 Å².